The van der Waals surface area contributed by atoms with Gasteiger partial charge in [-0.2, -0.15) is 0 Å². The fourth-order valence-corrected chi connectivity index (χ4v) is 3.40. The first kappa shape index (κ1) is 18.7. The number of anilines is 2. The monoisotopic (exact) mass is 358 g/mol. The third-order valence-corrected chi connectivity index (χ3v) is 4.64. The predicted molar refractivity (Wildman–Crippen MR) is 113 cm³/mol. The van der Waals surface area contributed by atoms with Crippen LogP contribution in [0.25, 0.3) is 0 Å². The molecule has 0 saturated carbocycles. The van der Waals surface area contributed by atoms with Crippen molar-refractivity contribution >= 4 is 17.3 Å². The van der Waals surface area contributed by atoms with E-state index in [1.807, 2.05) is 50.2 Å². The molecule has 0 aliphatic heterocycles. The highest BCUT2D eigenvalue weighted by molar-refractivity contribution is 5.95. The molecular weight excluding hydrogens is 332 g/mol. The number of aryl methyl sites for hydroxylation is 3. The maximum atomic E-state index is 12.5. The Balaban J connectivity index is 1.66. The summed E-state index contributed by atoms with van der Waals surface area (Å²) in [6.07, 6.45) is 0.835. The first-order valence-electron chi connectivity index (χ1n) is 9.26. The van der Waals surface area contributed by atoms with E-state index in [2.05, 4.69) is 47.9 Å². The molecule has 0 radical (unpaired) electrons. The second kappa shape index (κ2) is 8.54. The number of carbonyl (C=O) groups excluding carboxylic acids is 1. The van der Waals surface area contributed by atoms with Crippen LogP contribution >= 0.6 is 0 Å². The van der Waals surface area contributed by atoms with Crippen LogP contribution < -0.4 is 10.6 Å². The average Bonchev–Trinajstić information content (AvgIpc) is 2.65. The van der Waals surface area contributed by atoms with Crippen LogP contribution in [0.3, 0.4) is 0 Å². The molecule has 3 rings (SSSR count). The Morgan fingerprint density at radius 1 is 0.852 bits per heavy atom. The van der Waals surface area contributed by atoms with Gasteiger partial charge in [-0.25, -0.2) is 0 Å². The summed E-state index contributed by atoms with van der Waals surface area (Å²) in [6, 6.07) is 22.7. The molecule has 0 saturated heterocycles. The number of rotatable bonds is 6. The molecule has 0 fully saturated rings. The topological polar surface area (TPSA) is 41.1 Å². The van der Waals surface area contributed by atoms with Gasteiger partial charge < -0.3 is 10.6 Å². The third-order valence-electron chi connectivity index (χ3n) is 4.64. The number of nitrogens with one attached hydrogen (secondary N) is 2. The zero-order valence-corrected chi connectivity index (χ0v) is 16.2. The van der Waals surface area contributed by atoms with Crippen molar-refractivity contribution in [1.29, 1.82) is 0 Å². The maximum Gasteiger partial charge on any atom is 0.243 e. The normalized spacial score (nSPS) is 10.5. The second-order valence-corrected chi connectivity index (χ2v) is 6.99. The van der Waals surface area contributed by atoms with Crippen LogP contribution in [0, 0.1) is 20.8 Å². The first-order valence-corrected chi connectivity index (χ1v) is 9.26. The molecule has 2 N–H and O–H groups in total. The SMILES string of the molecule is Cc1cc(C)c(NC(=O)CNc2ccccc2Cc2ccccc2)c(C)c1. The molecule has 3 aromatic carbocycles. The molecule has 0 aromatic heterocycles. The molecule has 0 heterocycles. The average molecular weight is 358 g/mol. The Labute approximate surface area is 161 Å². The largest absolute Gasteiger partial charge is 0.376 e. The predicted octanol–water partition coefficient (Wildman–Crippen LogP) is 5.25. The summed E-state index contributed by atoms with van der Waals surface area (Å²) in [5, 5.41) is 6.34. The summed E-state index contributed by atoms with van der Waals surface area (Å²) in [4.78, 5) is 12.5. The van der Waals surface area contributed by atoms with Crippen LogP contribution in [0.5, 0.6) is 0 Å². The molecule has 0 aliphatic rings. The first-order chi connectivity index (χ1) is 13.0. The van der Waals surface area contributed by atoms with E-state index in [1.54, 1.807) is 0 Å². The van der Waals surface area contributed by atoms with Gasteiger partial charge in [0.05, 0.1) is 6.54 Å². The van der Waals surface area contributed by atoms with Gasteiger partial charge in [0.15, 0.2) is 0 Å². The van der Waals surface area contributed by atoms with E-state index in [4.69, 9.17) is 0 Å². The van der Waals surface area contributed by atoms with Gasteiger partial charge in [0, 0.05) is 11.4 Å². The lowest BCUT2D eigenvalue weighted by Crippen LogP contribution is -2.23. The van der Waals surface area contributed by atoms with Crippen LogP contribution in [0.1, 0.15) is 27.8 Å². The smallest absolute Gasteiger partial charge is 0.243 e. The molecule has 3 heteroatoms. The molecule has 138 valence electrons. The minimum Gasteiger partial charge on any atom is -0.376 e. The van der Waals surface area contributed by atoms with Gasteiger partial charge >= 0.3 is 0 Å². The Morgan fingerprint density at radius 3 is 2.19 bits per heavy atom. The molecule has 0 spiro atoms. The Hall–Kier alpha value is -3.07. The number of hydrogen-bond donors (Lipinski definition) is 2. The van der Waals surface area contributed by atoms with E-state index < -0.39 is 0 Å². The molecule has 0 atom stereocenters. The van der Waals surface area contributed by atoms with Crippen molar-refractivity contribution in [3.8, 4) is 0 Å². The van der Waals surface area contributed by atoms with E-state index in [0.29, 0.717) is 0 Å². The maximum absolute atomic E-state index is 12.5. The summed E-state index contributed by atoms with van der Waals surface area (Å²) >= 11 is 0. The van der Waals surface area contributed by atoms with E-state index >= 15 is 0 Å². The molecule has 0 aliphatic carbocycles. The zero-order chi connectivity index (χ0) is 19.2. The lowest BCUT2D eigenvalue weighted by atomic mass is 10.0. The highest BCUT2D eigenvalue weighted by Gasteiger charge is 2.09. The molecule has 0 unspecified atom stereocenters. The van der Waals surface area contributed by atoms with Crippen LogP contribution in [0.4, 0.5) is 11.4 Å². The van der Waals surface area contributed by atoms with Crippen molar-refractivity contribution in [3.63, 3.8) is 0 Å². The van der Waals surface area contributed by atoms with Crippen LogP contribution in [0.15, 0.2) is 66.7 Å². The summed E-state index contributed by atoms with van der Waals surface area (Å²) < 4.78 is 0. The van der Waals surface area contributed by atoms with Gasteiger partial charge in [-0.1, -0.05) is 66.2 Å². The van der Waals surface area contributed by atoms with Crippen molar-refractivity contribution in [2.24, 2.45) is 0 Å². The number of benzene rings is 3. The molecule has 27 heavy (non-hydrogen) atoms. The minimum absolute atomic E-state index is 0.0421. The fourth-order valence-electron chi connectivity index (χ4n) is 3.40. The minimum atomic E-state index is -0.0421. The van der Waals surface area contributed by atoms with Gasteiger partial charge in [0.1, 0.15) is 0 Å². The van der Waals surface area contributed by atoms with Crippen molar-refractivity contribution in [2.45, 2.75) is 27.2 Å². The van der Waals surface area contributed by atoms with Gasteiger partial charge in [-0.15, -0.1) is 0 Å². The molecule has 0 bridgehead atoms. The molecular formula is C24H26N2O. The van der Waals surface area contributed by atoms with Gasteiger partial charge in [-0.3, -0.25) is 4.79 Å². The lowest BCUT2D eigenvalue weighted by molar-refractivity contribution is -0.114. The van der Waals surface area contributed by atoms with Crippen molar-refractivity contribution in [3.05, 3.63) is 94.5 Å². The van der Waals surface area contributed by atoms with Crippen molar-refractivity contribution in [2.75, 3.05) is 17.2 Å². The number of hydrogen-bond acceptors (Lipinski definition) is 2. The standard InChI is InChI=1S/C24H26N2O/c1-17-13-18(2)24(19(3)14-17)26-23(27)16-25-22-12-8-7-11-21(22)15-20-9-5-4-6-10-20/h4-14,25H,15-16H2,1-3H3,(H,26,27). The molecule has 1 amide bonds. The van der Waals surface area contributed by atoms with Crippen LogP contribution in [-0.2, 0) is 11.2 Å². The third kappa shape index (κ3) is 4.98. The quantitative estimate of drug-likeness (QED) is 0.631. The van der Waals surface area contributed by atoms with E-state index in [9.17, 15) is 4.79 Å². The highest BCUT2D eigenvalue weighted by atomic mass is 16.1. The number of para-hydroxylation sites is 1. The summed E-state index contributed by atoms with van der Waals surface area (Å²) in [7, 11) is 0. The summed E-state index contributed by atoms with van der Waals surface area (Å²) in [6.45, 7) is 6.35. The van der Waals surface area contributed by atoms with Crippen LogP contribution in [0.2, 0.25) is 0 Å². The second-order valence-electron chi connectivity index (χ2n) is 6.99. The Bertz CT molecular complexity index is 909. The van der Waals surface area contributed by atoms with Gasteiger partial charge in [0.2, 0.25) is 5.91 Å². The number of amides is 1. The van der Waals surface area contributed by atoms with E-state index in [0.717, 1.165) is 28.9 Å². The van der Waals surface area contributed by atoms with E-state index in [1.165, 1.54) is 16.7 Å². The zero-order valence-electron chi connectivity index (χ0n) is 16.2. The van der Waals surface area contributed by atoms with Crippen LogP contribution in [-0.4, -0.2) is 12.5 Å². The van der Waals surface area contributed by atoms with Crippen molar-refractivity contribution in [1.82, 2.24) is 0 Å². The molecule has 3 nitrogen and oxygen atoms in total. The highest BCUT2D eigenvalue weighted by Crippen LogP contribution is 2.22. The Morgan fingerprint density at radius 2 is 1.48 bits per heavy atom. The van der Waals surface area contributed by atoms with Gasteiger partial charge in [-0.05, 0) is 55.5 Å². The summed E-state index contributed by atoms with van der Waals surface area (Å²) in [5.41, 5.74) is 7.71. The Kier molecular flexibility index (Phi) is 5.92. The lowest BCUT2D eigenvalue weighted by Gasteiger charge is -2.15. The fraction of sp³-hybridized carbons (Fsp3) is 0.208. The van der Waals surface area contributed by atoms with E-state index in [-0.39, 0.29) is 12.5 Å². The molecule has 3 aromatic rings. The van der Waals surface area contributed by atoms with Gasteiger partial charge in [0.25, 0.3) is 0 Å². The summed E-state index contributed by atoms with van der Waals surface area (Å²) in [5.74, 6) is -0.0421. The van der Waals surface area contributed by atoms with Crippen molar-refractivity contribution < 1.29 is 4.79 Å². The number of carbonyl (C=O) groups is 1.